The van der Waals surface area contributed by atoms with Crippen LogP contribution in [0.5, 0.6) is 0 Å². The smallest absolute Gasteiger partial charge is 0.273 e. The van der Waals surface area contributed by atoms with Gasteiger partial charge in [0.05, 0.1) is 0 Å². The molecule has 13 heteroatoms. The summed E-state index contributed by atoms with van der Waals surface area (Å²) in [6.45, 7) is 0.423. The second-order valence-corrected chi connectivity index (χ2v) is 3.99. The molecule has 0 aliphatic rings. The number of hydrogen-bond acceptors (Lipinski definition) is 2. The third-order valence-electron chi connectivity index (χ3n) is 2.37. The molecule has 0 amide bonds. The zero-order chi connectivity index (χ0) is 17.7. The Morgan fingerprint density at radius 1 is 1.00 bits per heavy atom. The fourth-order valence-corrected chi connectivity index (χ4v) is 1.32. The Labute approximate surface area is 114 Å². The predicted molar refractivity (Wildman–Crippen MR) is 48.4 cm³/mol. The zero-order valence-corrected chi connectivity index (χ0v) is 10.2. The summed E-state index contributed by atoms with van der Waals surface area (Å²) in [6, 6.07) is -0.735. The minimum absolute atomic E-state index is 0.423. The Morgan fingerprint density at radius 2 is 1.45 bits per heavy atom. The van der Waals surface area contributed by atoms with E-state index in [2.05, 4.69) is 5.10 Å². The van der Waals surface area contributed by atoms with Crippen molar-refractivity contribution >= 4 is 5.91 Å². The lowest BCUT2D eigenvalue weighted by Crippen LogP contribution is -2.50. The van der Waals surface area contributed by atoms with Crippen molar-refractivity contribution in [3.05, 3.63) is 17.5 Å². The molecule has 126 valence electrons. The molecule has 1 aromatic rings. The van der Waals surface area contributed by atoms with Crippen LogP contribution in [0.2, 0.25) is 0 Å². The zero-order valence-electron chi connectivity index (χ0n) is 10.2. The van der Waals surface area contributed by atoms with Crippen LogP contribution >= 0.6 is 0 Å². The van der Waals surface area contributed by atoms with Crippen LogP contribution in [0.15, 0.2) is 6.07 Å². The average Bonchev–Trinajstić information content (AvgIpc) is 2.71. The molecule has 0 spiro atoms. The monoisotopic (exact) mass is 346 g/mol. The second-order valence-electron chi connectivity index (χ2n) is 3.99. The van der Waals surface area contributed by atoms with Crippen LogP contribution in [-0.4, -0.2) is 27.8 Å². The molecular formula is C9H4F10N2O. The van der Waals surface area contributed by atoms with Gasteiger partial charge in [0.1, 0.15) is 5.69 Å². The summed E-state index contributed by atoms with van der Waals surface area (Å²) in [7, 11) is 0. The van der Waals surface area contributed by atoms with Gasteiger partial charge in [-0.3, -0.25) is 4.79 Å². The van der Waals surface area contributed by atoms with Crippen molar-refractivity contribution in [2.75, 3.05) is 0 Å². The molecule has 0 bridgehead atoms. The maximum Gasteiger partial charge on any atom is 0.460 e. The van der Waals surface area contributed by atoms with Crippen LogP contribution < -0.4 is 0 Å². The Morgan fingerprint density at radius 3 is 1.73 bits per heavy atom. The maximum absolute atomic E-state index is 13.3. The van der Waals surface area contributed by atoms with Crippen molar-refractivity contribution in [2.45, 2.75) is 31.1 Å². The lowest BCUT2D eigenvalue weighted by atomic mass is 10.1. The molecule has 0 N–H and O–H groups in total. The first-order valence-electron chi connectivity index (χ1n) is 5.04. The second kappa shape index (κ2) is 4.84. The summed E-state index contributed by atoms with van der Waals surface area (Å²) < 4.78 is 125. The molecule has 1 heterocycles. The number of rotatable bonds is 2. The van der Waals surface area contributed by atoms with Crippen LogP contribution in [0.3, 0.4) is 0 Å². The lowest BCUT2D eigenvalue weighted by molar-refractivity contribution is -0.360. The van der Waals surface area contributed by atoms with Gasteiger partial charge in [-0.15, -0.1) is 0 Å². The number of hydrogen-bond donors (Lipinski definition) is 0. The quantitative estimate of drug-likeness (QED) is 0.763. The third-order valence-corrected chi connectivity index (χ3v) is 2.37. The molecule has 1 aromatic heterocycles. The number of carbonyl (C=O) groups excluding carboxylic acids is 1. The lowest BCUT2D eigenvalue weighted by Gasteiger charge is -2.26. The number of nitrogens with zero attached hydrogens (tertiary/aromatic N) is 2. The SMILES string of the molecule is CC(=O)n1nc(C(F)(F)C(F)(F)C(F)(F)F)cc1C(F)(F)F. The van der Waals surface area contributed by atoms with E-state index < -0.39 is 52.2 Å². The fourth-order valence-electron chi connectivity index (χ4n) is 1.32. The van der Waals surface area contributed by atoms with Gasteiger partial charge in [0, 0.05) is 6.92 Å². The molecule has 22 heavy (non-hydrogen) atoms. The van der Waals surface area contributed by atoms with E-state index in [4.69, 9.17) is 0 Å². The minimum Gasteiger partial charge on any atom is -0.273 e. The van der Waals surface area contributed by atoms with Crippen molar-refractivity contribution in [3.8, 4) is 0 Å². The number of alkyl halides is 10. The van der Waals surface area contributed by atoms with Gasteiger partial charge in [0.15, 0.2) is 5.69 Å². The van der Waals surface area contributed by atoms with Gasteiger partial charge in [-0.05, 0) is 6.07 Å². The average molecular weight is 346 g/mol. The van der Waals surface area contributed by atoms with Gasteiger partial charge in [-0.25, -0.2) is 0 Å². The van der Waals surface area contributed by atoms with E-state index in [9.17, 15) is 48.7 Å². The first kappa shape index (κ1) is 18.2. The summed E-state index contributed by atoms with van der Waals surface area (Å²) in [5.41, 5.74) is -4.73. The topological polar surface area (TPSA) is 34.9 Å². The van der Waals surface area contributed by atoms with E-state index in [0.29, 0.717) is 6.92 Å². The van der Waals surface area contributed by atoms with Gasteiger partial charge in [-0.2, -0.15) is 53.7 Å². The largest absolute Gasteiger partial charge is 0.460 e. The predicted octanol–water partition coefficient (Wildman–Crippen LogP) is 3.85. The standard InChI is InChI=1S/C9H4F10N2O/c1-3(22)21-5(7(12,13)14)2-4(20-21)6(10,11)8(15,16)9(17,18)19/h2H,1H3. The molecule has 3 nitrogen and oxygen atoms in total. The van der Waals surface area contributed by atoms with Gasteiger partial charge in [0.2, 0.25) is 5.91 Å². The summed E-state index contributed by atoms with van der Waals surface area (Å²) in [4.78, 5) is 10.8. The Hall–Kier alpha value is -1.82. The molecule has 0 radical (unpaired) electrons. The Balaban J connectivity index is 3.55. The van der Waals surface area contributed by atoms with Crippen molar-refractivity contribution in [1.82, 2.24) is 9.78 Å². The van der Waals surface area contributed by atoms with E-state index in [1.54, 1.807) is 0 Å². The van der Waals surface area contributed by atoms with Crippen molar-refractivity contribution < 1.29 is 48.7 Å². The van der Waals surface area contributed by atoms with Crippen LogP contribution in [0.25, 0.3) is 0 Å². The minimum atomic E-state index is -6.74. The molecule has 0 aromatic carbocycles. The van der Waals surface area contributed by atoms with E-state index in [1.807, 2.05) is 0 Å². The summed E-state index contributed by atoms with van der Waals surface area (Å²) in [5, 5.41) is 2.24. The van der Waals surface area contributed by atoms with E-state index in [1.165, 1.54) is 0 Å². The highest BCUT2D eigenvalue weighted by molar-refractivity contribution is 5.76. The Bertz CT molecular complexity index is 582. The molecule has 0 aliphatic heterocycles. The molecule has 0 fully saturated rings. The molecular weight excluding hydrogens is 342 g/mol. The highest BCUT2D eigenvalue weighted by Crippen LogP contribution is 2.51. The van der Waals surface area contributed by atoms with Crippen molar-refractivity contribution in [3.63, 3.8) is 0 Å². The van der Waals surface area contributed by atoms with E-state index in [0.717, 1.165) is 0 Å². The van der Waals surface area contributed by atoms with E-state index in [-0.39, 0.29) is 0 Å². The number of carbonyl (C=O) groups is 1. The fraction of sp³-hybridized carbons (Fsp3) is 0.556. The van der Waals surface area contributed by atoms with Crippen LogP contribution in [0.1, 0.15) is 23.1 Å². The molecule has 0 saturated heterocycles. The van der Waals surface area contributed by atoms with Crippen LogP contribution in [-0.2, 0) is 12.1 Å². The summed E-state index contributed by atoms with van der Waals surface area (Å²) >= 11 is 0. The highest BCUT2D eigenvalue weighted by Gasteiger charge is 2.74. The summed E-state index contributed by atoms with van der Waals surface area (Å²) in [5.74, 6) is -14.4. The molecule has 1 rings (SSSR count). The number of halogens is 10. The first-order chi connectivity index (χ1) is 9.53. The van der Waals surface area contributed by atoms with Crippen LogP contribution in [0, 0.1) is 0 Å². The normalized spacial score (nSPS) is 14.3. The summed E-state index contributed by atoms with van der Waals surface area (Å²) in [6.07, 6.45) is -12.2. The molecule has 0 saturated carbocycles. The van der Waals surface area contributed by atoms with Gasteiger partial charge >= 0.3 is 24.2 Å². The van der Waals surface area contributed by atoms with Crippen molar-refractivity contribution in [1.29, 1.82) is 0 Å². The third kappa shape index (κ3) is 2.75. The Kier molecular flexibility index (Phi) is 4.01. The maximum atomic E-state index is 13.3. The molecule has 0 unspecified atom stereocenters. The van der Waals surface area contributed by atoms with Gasteiger partial charge in [0.25, 0.3) is 0 Å². The highest BCUT2D eigenvalue weighted by atomic mass is 19.4. The van der Waals surface area contributed by atoms with Crippen molar-refractivity contribution in [2.24, 2.45) is 0 Å². The molecule has 0 atom stereocenters. The first-order valence-corrected chi connectivity index (χ1v) is 5.04. The molecule has 0 aliphatic carbocycles. The van der Waals surface area contributed by atoms with Gasteiger partial charge in [-0.1, -0.05) is 0 Å². The van der Waals surface area contributed by atoms with Crippen LogP contribution in [0.4, 0.5) is 43.9 Å². The van der Waals surface area contributed by atoms with Gasteiger partial charge < -0.3 is 0 Å². The number of aromatic nitrogens is 2. The van der Waals surface area contributed by atoms with E-state index >= 15 is 0 Å².